The Morgan fingerprint density at radius 2 is 1.95 bits per heavy atom. The van der Waals surface area contributed by atoms with Gasteiger partial charge in [-0.05, 0) is 18.6 Å². The average Bonchev–Trinajstić information content (AvgIpc) is 2.25. The maximum atomic E-state index is 12.9. The highest BCUT2D eigenvalue weighted by atomic mass is 35.7. The first kappa shape index (κ1) is 14.7. The Kier molecular flexibility index (Phi) is 3.66. The lowest BCUT2D eigenvalue weighted by molar-refractivity contribution is -0.156. The number of alkyl halides is 3. The van der Waals surface area contributed by atoms with E-state index in [1.807, 2.05) is 0 Å². The SMILES string of the molecule is O=S(=O)(Cl)c1ccc(Cl)c2c1OCCC2C(F)(F)F. The van der Waals surface area contributed by atoms with Gasteiger partial charge in [0.05, 0.1) is 12.5 Å². The van der Waals surface area contributed by atoms with Gasteiger partial charge in [-0.3, -0.25) is 0 Å². The molecule has 1 atom stereocenters. The van der Waals surface area contributed by atoms with Gasteiger partial charge in [0.2, 0.25) is 0 Å². The van der Waals surface area contributed by atoms with Gasteiger partial charge in [-0.25, -0.2) is 8.42 Å². The van der Waals surface area contributed by atoms with Crippen molar-refractivity contribution in [2.24, 2.45) is 0 Å². The molecule has 1 heterocycles. The van der Waals surface area contributed by atoms with Gasteiger partial charge < -0.3 is 4.74 Å². The zero-order valence-electron chi connectivity index (χ0n) is 9.17. The Bertz CT molecular complexity index is 613. The van der Waals surface area contributed by atoms with Crippen molar-refractivity contribution in [2.45, 2.75) is 23.4 Å². The summed E-state index contributed by atoms with van der Waals surface area (Å²) in [5, 5.41) is -0.193. The summed E-state index contributed by atoms with van der Waals surface area (Å²) in [6.45, 7) is -0.253. The predicted octanol–water partition coefficient (Wildman–Crippen LogP) is 3.70. The van der Waals surface area contributed by atoms with Crippen LogP contribution in [0, 0.1) is 0 Å². The van der Waals surface area contributed by atoms with Crippen LogP contribution in [0.4, 0.5) is 13.2 Å². The highest BCUT2D eigenvalue weighted by molar-refractivity contribution is 8.13. The lowest BCUT2D eigenvalue weighted by atomic mass is 9.92. The third-order valence-corrected chi connectivity index (χ3v) is 4.44. The minimum absolute atomic E-state index is 0.193. The maximum absolute atomic E-state index is 12.9. The van der Waals surface area contributed by atoms with Crippen LogP contribution in [0.3, 0.4) is 0 Å². The van der Waals surface area contributed by atoms with Crippen molar-refractivity contribution in [1.29, 1.82) is 0 Å². The summed E-state index contributed by atoms with van der Waals surface area (Å²) in [7, 11) is 0.969. The number of fused-ring (bicyclic) bond motifs is 1. The van der Waals surface area contributed by atoms with E-state index in [0.29, 0.717) is 0 Å². The lowest BCUT2D eigenvalue weighted by Gasteiger charge is -2.29. The van der Waals surface area contributed by atoms with Crippen LogP contribution in [0.5, 0.6) is 5.75 Å². The molecule has 0 aromatic heterocycles. The quantitative estimate of drug-likeness (QED) is 0.735. The van der Waals surface area contributed by atoms with E-state index in [9.17, 15) is 21.6 Å². The second-order valence-electron chi connectivity index (χ2n) is 3.96. The van der Waals surface area contributed by atoms with Gasteiger partial charge in [0.25, 0.3) is 9.05 Å². The molecule has 0 fully saturated rings. The molecule has 0 aliphatic carbocycles. The minimum Gasteiger partial charge on any atom is -0.492 e. The van der Waals surface area contributed by atoms with Gasteiger partial charge in [-0.2, -0.15) is 13.2 Å². The molecule has 0 N–H and O–H groups in total. The molecule has 9 heteroatoms. The monoisotopic (exact) mass is 334 g/mol. The summed E-state index contributed by atoms with van der Waals surface area (Å²) >= 11 is 5.75. The number of halogens is 5. The normalized spacial score (nSPS) is 19.7. The van der Waals surface area contributed by atoms with E-state index < -0.39 is 31.8 Å². The highest BCUT2D eigenvalue weighted by Crippen LogP contribution is 2.49. The predicted molar refractivity (Wildman–Crippen MR) is 63.4 cm³/mol. The van der Waals surface area contributed by atoms with Crippen molar-refractivity contribution >= 4 is 31.3 Å². The van der Waals surface area contributed by atoms with Crippen LogP contribution in [0.1, 0.15) is 17.9 Å². The first-order valence-corrected chi connectivity index (χ1v) is 7.77. The summed E-state index contributed by atoms with van der Waals surface area (Å²) in [5.41, 5.74) is -0.373. The van der Waals surface area contributed by atoms with Crippen molar-refractivity contribution in [3.05, 3.63) is 22.7 Å². The zero-order valence-corrected chi connectivity index (χ0v) is 11.5. The Hall–Kier alpha value is -0.660. The van der Waals surface area contributed by atoms with Crippen molar-refractivity contribution < 1.29 is 26.3 Å². The van der Waals surface area contributed by atoms with Crippen molar-refractivity contribution in [3.8, 4) is 5.75 Å². The highest BCUT2D eigenvalue weighted by Gasteiger charge is 2.46. The fraction of sp³-hybridized carbons (Fsp3) is 0.400. The molecule has 0 bridgehead atoms. The minimum atomic E-state index is -4.53. The molecule has 19 heavy (non-hydrogen) atoms. The fourth-order valence-electron chi connectivity index (χ4n) is 1.97. The number of benzene rings is 1. The number of ether oxygens (including phenoxy) is 1. The van der Waals surface area contributed by atoms with Crippen LogP contribution in [-0.2, 0) is 9.05 Å². The average molecular weight is 335 g/mol. The molecule has 3 nitrogen and oxygen atoms in total. The third kappa shape index (κ3) is 2.78. The van der Waals surface area contributed by atoms with Crippen LogP contribution in [0.25, 0.3) is 0 Å². The molecule has 0 saturated heterocycles. The molecular formula is C10H7Cl2F3O3S. The largest absolute Gasteiger partial charge is 0.492 e. The summed E-state index contributed by atoms with van der Waals surface area (Å²) in [6, 6.07) is 2.10. The Morgan fingerprint density at radius 3 is 2.47 bits per heavy atom. The van der Waals surface area contributed by atoms with Crippen molar-refractivity contribution in [3.63, 3.8) is 0 Å². The van der Waals surface area contributed by atoms with Crippen LogP contribution in [0.15, 0.2) is 17.0 Å². The molecule has 1 aromatic carbocycles. The molecule has 106 valence electrons. The number of rotatable bonds is 1. The molecule has 0 saturated carbocycles. The molecule has 1 aliphatic heterocycles. The first-order valence-electron chi connectivity index (χ1n) is 5.09. The first-order chi connectivity index (χ1) is 8.62. The van der Waals surface area contributed by atoms with Gasteiger partial charge in [-0.1, -0.05) is 11.6 Å². The van der Waals surface area contributed by atoms with E-state index in [1.165, 1.54) is 0 Å². The Balaban J connectivity index is 2.71. The van der Waals surface area contributed by atoms with E-state index in [2.05, 4.69) is 0 Å². The maximum Gasteiger partial charge on any atom is 0.396 e. The van der Waals surface area contributed by atoms with Crippen LogP contribution in [-0.4, -0.2) is 21.2 Å². The van der Waals surface area contributed by atoms with Gasteiger partial charge in [0, 0.05) is 21.3 Å². The molecular weight excluding hydrogens is 328 g/mol. The second-order valence-corrected chi connectivity index (χ2v) is 6.90. The van der Waals surface area contributed by atoms with Gasteiger partial charge >= 0.3 is 6.18 Å². The van der Waals surface area contributed by atoms with Crippen LogP contribution >= 0.6 is 22.3 Å². The standard InChI is InChI=1S/C10H7Cl2F3O3S/c11-6-1-2-7(19(12,16)17)9-8(6)5(3-4-18-9)10(13,14)15/h1-2,5H,3-4H2. The molecule has 1 aliphatic rings. The van der Waals surface area contributed by atoms with Gasteiger partial charge in [-0.15, -0.1) is 0 Å². The fourth-order valence-corrected chi connectivity index (χ4v) is 3.24. The topological polar surface area (TPSA) is 43.4 Å². The van der Waals surface area contributed by atoms with E-state index in [1.54, 1.807) is 0 Å². The molecule has 1 aromatic rings. The summed E-state index contributed by atoms with van der Waals surface area (Å²) < 4.78 is 66.5. The van der Waals surface area contributed by atoms with Crippen LogP contribution in [0.2, 0.25) is 5.02 Å². The lowest BCUT2D eigenvalue weighted by Crippen LogP contribution is -2.28. The van der Waals surface area contributed by atoms with Crippen LogP contribution < -0.4 is 4.74 Å². The van der Waals surface area contributed by atoms with E-state index in [4.69, 9.17) is 27.0 Å². The van der Waals surface area contributed by atoms with E-state index >= 15 is 0 Å². The summed E-state index contributed by atoms with van der Waals surface area (Å²) in [4.78, 5) is -0.498. The summed E-state index contributed by atoms with van der Waals surface area (Å²) in [5.74, 6) is -2.27. The van der Waals surface area contributed by atoms with Crippen molar-refractivity contribution in [2.75, 3.05) is 6.61 Å². The third-order valence-electron chi connectivity index (χ3n) is 2.77. The van der Waals surface area contributed by atoms with E-state index in [0.717, 1.165) is 12.1 Å². The summed E-state index contributed by atoms with van der Waals surface area (Å²) in [6.07, 6.45) is -4.85. The molecule has 1 unspecified atom stereocenters. The van der Waals surface area contributed by atoms with Gasteiger partial charge in [0.15, 0.2) is 0 Å². The smallest absolute Gasteiger partial charge is 0.396 e. The molecule has 2 rings (SSSR count). The van der Waals surface area contributed by atoms with Gasteiger partial charge in [0.1, 0.15) is 10.6 Å². The van der Waals surface area contributed by atoms with Crippen molar-refractivity contribution in [1.82, 2.24) is 0 Å². The molecule has 0 amide bonds. The number of hydrogen-bond acceptors (Lipinski definition) is 3. The molecule has 0 spiro atoms. The number of hydrogen-bond donors (Lipinski definition) is 0. The Labute approximate surface area is 116 Å². The molecule has 0 radical (unpaired) electrons. The zero-order chi connectivity index (χ0) is 14.4. The van der Waals surface area contributed by atoms with E-state index in [-0.39, 0.29) is 23.6 Å². The Morgan fingerprint density at radius 1 is 1.32 bits per heavy atom. The second kappa shape index (κ2) is 4.71.